The van der Waals surface area contributed by atoms with Crippen molar-refractivity contribution < 1.29 is 0 Å². The molecule has 0 aromatic carbocycles. The molecule has 4 heteroatoms. The molecule has 2 heterocycles. The maximum absolute atomic E-state index is 4.79. The summed E-state index contributed by atoms with van der Waals surface area (Å²) in [5, 5.41) is 4.70. The van der Waals surface area contributed by atoms with Crippen molar-refractivity contribution in [3.8, 4) is 0 Å². The lowest BCUT2D eigenvalue weighted by Crippen LogP contribution is -2.37. The zero-order chi connectivity index (χ0) is 13.1. The third-order valence-electron chi connectivity index (χ3n) is 3.77. The number of nitrogens with one attached hydrogen (secondary N) is 1. The van der Waals surface area contributed by atoms with Gasteiger partial charge in [-0.2, -0.15) is 0 Å². The number of aryl methyl sites for hydroxylation is 1. The van der Waals surface area contributed by atoms with Crippen LogP contribution in [0, 0.1) is 6.92 Å². The fourth-order valence-corrected chi connectivity index (χ4v) is 3.92. The molecule has 2 rings (SSSR count). The number of thiazole rings is 1. The summed E-state index contributed by atoms with van der Waals surface area (Å²) < 4.78 is 0. The average Bonchev–Trinajstić information content (AvgIpc) is 2.72. The zero-order valence-electron chi connectivity index (χ0n) is 12.0. The predicted molar refractivity (Wildman–Crippen MR) is 79.6 cm³/mol. The molecular weight excluding hydrogens is 242 g/mol. The number of hydrogen-bond donors (Lipinski definition) is 1. The highest BCUT2D eigenvalue weighted by Crippen LogP contribution is 2.33. The van der Waals surface area contributed by atoms with Crippen LogP contribution in [0.25, 0.3) is 0 Å². The number of nitrogens with zero attached hydrogens (tertiary/aromatic N) is 2. The Hall–Kier alpha value is -0.610. The second kappa shape index (κ2) is 6.02. The van der Waals surface area contributed by atoms with Crippen molar-refractivity contribution >= 4 is 16.5 Å². The lowest BCUT2D eigenvalue weighted by Gasteiger charge is -2.33. The summed E-state index contributed by atoms with van der Waals surface area (Å²) in [6.07, 6.45) is 3.97. The van der Waals surface area contributed by atoms with Gasteiger partial charge in [-0.25, -0.2) is 4.98 Å². The first-order valence-electron chi connectivity index (χ1n) is 7.10. The highest BCUT2D eigenvalue weighted by atomic mass is 32.1. The molecule has 3 nitrogen and oxygen atoms in total. The molecule has 2 unspecified atom stereocenters. The van der Waals surface area contributed by atoms with E-state index in [-0.39, 0.29) is 0 Å². The molecule has 2 atom stereocenters. The van der Waals surface area contributed by atoms with Crippen LogP contribution in [0.4, 0.5) is 5.13 Å². The van der Waals surface area contributed by atoms with E-state index >= 15 is 0 Å². The molecule has 1 aromatic rings. The second-order valence-electron chi connectivity index (χ2n) is 5.26. The highest BCUT2D eigenvalue weighted by molar-refractivity contribution is 7.15. The molecule has 1 fully saturated rings. The minimum absolute atomic E-state index is 0.418. The summed E-state index contributed by atoms with van der Waals surface area (Å²) in [5.74, 6) is 0. The van der Waals surface area contributed by atoms with Crippen LogP contribution in [-0.2, 0) is 0 Å². The maximum atomic E-state index is 4.79. The van der Waals surface area contributed by atoms with Crippen LogP contribution >= 0.6 is 11.3 Å². The predicted octanol–water partition coefficient (Wildman–Crippen LogP) is 3.50. The topological polar surface area (TPSA) is 28.2 Å². The van der Waals surface area contributed by atoms with Crippen molar-refractivity contribution in [2.24, 2.45) is 0 Å². The Kier molecular flexibility index (Phi) is 4.62. The van der Waals surface area contributed by atoms with E-state index in [1.165, 1.54) is 41.5 Å². The number of hydrogen-bond acceptors (Lipinski definition) is 4. The van der Waals surface area contributed by atoms with Crippen molar-refractivity contribution in [1.29, 1.82) is 0 Å². The minimum Gasteiger partial charge on any atom is -0.345 e. The van der Waals surface area contributed by atoms with Crippen LogP contribution in [-0.4, -0.2) is 24.1 Å². The van der Waals surface area contributed by atoms with Crippen LogP contribution in [0.15, 0.2) is 0 Å². The van der Waals surface area contributed by atoms with Gasteiger partial charge in [-0.05, 0) is 46.6 Å². The first kappa shape index (κ1) is 13.8. The van der Waals surface area contributed by atoms with E-state index in [0.717, 1.165) is 6.54 Å². The van der Waals surface area contributed by atoms with Gasteiger partial charge >= 0.3 is 0 Å². The van der Waals surface area contributed by atoms with Crippen LogP contribution < -0.4 is 10.2 Å². The molecule has 0 radical (unpaired) electrons. The Morgan fingerprint density at radius 3 is 2.94 bits per heavy atom. The Morgan fingerprint density at radius 2 is 2.28 bits per heavy atom. The van der Waals surface area contributed by atoms with Gasteiger partial charge in [0, 0.05) is 23.5 Å². The van der Waals surface area contributed by atoms with Gasteiger partial charge in [-0.3, -0.25) is 0 Å². The van der Waals surface area contributed by atoms with Gasteiger partial charge < -0.3 is 10.2 Å². The van der Waals surface area contributed by atoms with E-state index in [1.54, 1.807) is 0 Å². The smallest absolute Gasteiger partial charge is 0.186 e. The minimum atomic E-state index is 0.418. The fraction of sp³-hybridized carbons (Fsp3) is 0.786. The second-order valence-corrected chi connectivity index (χ2v) is 6.27. The molecule has 1 saturated heterocycles. The Morgan fingerprint density at radius 1 is 1.50 bits per heavy atom. The van der Waals surface area contributed by atoms with Gasteiger partial charge in [-0.15, -0.1) is 11.3 Å². The molecular formula is C14H25N3S. The lowest BCUT2D eigenvalue weighted by atomic mass is 10.1. The molecule has 1 aliphatic heterocycles. The van der Waals surface area contributed by atoms with Gasteiger partial charge in [0.2, 0.25) is 0 Å². The molecule has 0 amide bonds. The van der Waals surface area contributed by atoms with Gasteiger partial charge in [-0.1, -0.05) is 6.92 Å². The van der Waals surface area contributed by atoms with E-state index in [2.05, 4.69) is 37.9 Å². The molecule has 1 aromatic heterocycles. The Labute approximate surface area is 115 Å². The van der Waals surface area contributed by atoms with Crippen LogP contribution in [0.3, 0.4) is 0 Å². The normalized spacial score (nSPS) is 22.2. The Bertz CT molecular complexity index is 388. The number of rotatable bonds is 4. The van der Waals surface area contributed by atoms with Gasteiger partial charge in [0.1, 0.15) is 0 Å². The summed E-state index contributed by atoms with van der Waals surface area (Å²) in [7, 11) is 0. The Balaban J connectivity index is 2.17. The SMILES string of the molecule is CCNC(C)c1sc(N2CCCCC2C)nc1C. The molecule has 0 bridgehead atoms. The van der Waals surface area contributed by atoms with Crippen LogP contribution in [0.5, 0.6) is 0 Å². The lowest BCUT2D eigenvalue weighted by molar-refractivity contribution is 0.484. The van der Waals surface area contributed by atoms with Crippen molar-refractivity contribution in [2.75, 3.05) is 18.0 Å². The maximum Gasteiger partial charge on any atom is 0.186 e. The first-order chi connectivity index (χ1) is 8.63. The molecule has 0 saturated carbocycles. The average molecular weight is 267 g/mol. The van der Waals surface area contributed by atoms with Crippen molar-refractivity contribution in [3.05, 3.63) is 10.6 Å². The van der Waals surface area contributed by atoms with Crippen molar-refractivity contribution in [3.63, 3.8) is 0 Å². The van der Waals surface area contributed by atoms with Gasteiger partial charge in [0.05, 0.1) is 5.69 Å². The van der Waals surface area contributed by atoms with E-state index in [0.29, 0.717) is 12.1 Å². The molecule has 102 valence electrons. The van der Waals surface area contributed by atoms with E-state index < -0.39 is 0 Å². The van der Waals surface area contributed by atoms with Crippen LogP contribution in [0.2, 0.25) is 0 Å². The summed E-state index contributed by atoms with van der Waals surface area (Å²) in [6.45, 7) is 11.0. The standard InChI is InChI=1S/C14H25N3S/c1-5-15-11(3)13-12(4)16-14(18-13)17-9-7-6-8-10(17)2/h10-11,15H,5-9H2,1-4H3. The van der Waals surface area contributed by atoms with Gasteiger partial charge in [0.15, 0.2) is 5.13 Å². The summed E-state index contributed by atoms with van der Waals surface area (Å²) in [5.41, 5.74) is 1.20. The highest BCUT2D eigenvalue weighted by Gasteiger charge is 2.23. The molecule has 18 heavy (non-hydrogen) atoms. The molecule has 0 aliphatic carbocycles. The van der Waals surface area contributed by atoms with Crippen LogP contribution in [0.1, 0.15) is 56.6 Å². The van der Waals surface area contributed by atoms with E-state index in [4.69, 9.17) is 4.98 Å². The van der Waals surface area contributed by atoms with E-state index in [9.17, 15) is 0 Å². The van der Waals surface area contributed by atoms with E-state index in [1.807, 2.05) is 11.3 Å². The largest absolute Gasteiger partial charge is 0.345 e. The number of piperidine rings is 1. The van der Waals surface area contributed by atoms with Crippen molar-refractivity contribution in [1.82, 2.24) is 10.3 Å². The zero-order valence-corrected chi connectivity index (χ0v) is 12.8. The number of anilines is 1. The fourth-order valence-electron chi connectivity index (χ4n) is 2.70. The summed E-state index contributed by atoms with van der Waals surface area (Å²) >= 11 is 1.87. The number of aromatic nitrogens is 1. The summed E-state index contributed by atoms with van der Waals surface area (Å²) in [4.78, 5) is 8.68. The third kappa shape index (κ3) is 2.86. The third-order valence-corrected chi connectivity index (χ3v) is 5.15. The molecule has 1 aliphatic rings. The molecule has 1 N–H and O–H groups in total. The monoisotopic (exact) mass is 267 g/mol. The van der Waals surface area contributed by atoms with Gasteiger partial charge in [0.25, 0.3) is 0 Å². The first-order valence-corrected chi connectivity index (χ1v) is 7.92. The van der Waals surface area contributed by atoms with Crippen molar-refractivity contribution in [2.45, 2.75) is 59.0 Å². The molecule has 0 spiro atoms. The summed E-state index contributed by atoms with van der Waals surface area (Å²) in [6, 6.07) is 1.06. The quantitative estimate of drug-likeness (QED) is 0.905.